The molecule has 1 aliphatic heterocycles. The van der Waals surface area contributed by atoms with Crippen LogP contribution >= 0.6 is 0 Å². The van der Waals surface area contributed by atoms with Gasteiger partial charge in [-0.05, 0) is 25.8 Å². The molecule has 1 heterocycles. The molecule has 0 amide bonds. The molecule has 2 atom stereocenters. The number of nitrogens with zero attached hydrogens (tertiary/aromatic N) is 2. The second kappa shape index (κ2) is 5.21. The summed E-state index contributed by atoms with van der Waals surface area (Å²) in [5.41, 5.74) is 0. The molecule has 0 saturated carbocycles. The zero-order valence-corrected chi connectivity index (χ0v) is 8.24. The van der Waals surface area contributed by atoms with Gasteiger partial charge in [0.05, 0.1) is 19.1 Å². The highest BCUT2D eigenvalue weighted by Crippen LogP contribution is 2.22. The number of nitriles is 1. The molecule has 0 spiro atoms. The van der Waals surface area contributed by atoms with Crippen LogP contribution in [-0.4, -0.2) is 35.2 Å². The average Bonchev–Trinajstić information content (AvgIpc) is 2.61. The fourth-order valence-corrected chi connectivity index (χ4v) is 2.14. The zero-order chi connectivity index (χ0) is 9.68. The Bertz CT molecular complexity index is 188. The van der Waals surface area contributed by atoms with E-state index >= 15 is 0 Å². The Hall–Kier alpha value is -0.590. The first-order valence-electron chi connectivity index (χ1n) is 5.07. The fourth-order valence-electron chi connectivity index (χ4n) is 2.14. The van der Waals surface area contributed by atoms with Crippen molar-refractivity contribution in [2.45, 2.75) is 44.7 Å². The Morgan fingerprint density at radius 3 is 3.00 bits per heavy atom. The van der Waals surface area contributed by atoms with Crippen molar-refractivity contribution in [1.82, 2.24) is 4.90 Å². The Balaban J connectivity index is 2.52. The SMILES string of the molecule is CCC(CC#N)N1CCCC1CO. The van der Waals surface area contributed by atoms with Crippen molar-refractivity contribution in [3.8, 4) is 6.07 Å². The third-order valence-electron chi connectivity index (χ3n) is 2.90. The van der Waals surface area contributed by atoms with Gasteiger partial charge in [-0.1, -0.05) is 6.92 Å². The molecule has 1 rings (SSSR count). The van der Waals surface area contributed by atoms with Gasteiger partial charge in [-0.3, -0.25) is 4.90 Å². The smallest absolute Gasteiger partial charge is 0.0638 e. The summed E-state index contributed by atoms with van der Waals surface area (Å²) in [6.45, 7) is 3.39. The second-order valence-corrected chi connectivity index (χ2v) is 3.64. The molecule has 2 unspecified atom stereocenters. The van der Waals surface area contributed by atoms with E-state index in [1.54, 1.807) is 0 Å². The van der Waals surface area contributed by atoms with E-state index in [1.807, 2.05) is 0 Å². The molecule has 1 saturated heterocycles. The minimum absolute atomic E-state index is 0.238. The standard InChI is InChI=1S/C10H18N2O/c1-2-9(5-6-11)12-7-3-4-10(12)8-13/h9-10,13H,2-5,7-8H2,1H3. The Morgan fingerprint density at radius 2 is 2.46 bits per heavy atom. The molecule has 13 heavy (non-hydrogen) atoms. The van der Waals surface area contributed by atoms with Crippen molar-refractivity contribution < 1.29 is 5.11 Å². The fraction of sp³-hybridized carbons (Fsp3) is 0.900. The van der Waals surface area contributed by atoms with Gasteiger partial charge in [-0.25, -0.2) is 0 Å². The minimum atomic E-state index is 0.238. The Labute approximate surface area is 80.0 Å². The molecule has 3 nitrogen and oxygen atoms in total. The van der Waals surface area contributed by atoms with Crippen LogP contribution in [0.25, 0.3) is 0 Å². The predicted octanol–water partition coefficient (Wildman–Crippen LogP) is 1.14. The summed E-state index contributed by atoms with van der Waals surface area (Å²) in [6, 6.07) is 2.87. The summed E-state index contributed by atoms with van der Waals surface area (Å²) in [7, 11) is 0. The number of likely N-dealkylation sites (tertiary alicyclic amines) is 1. The first-order valence-corrected chi connectivity index (χ1v) is 5.07. The van der Waals surface area contributed by atoms with E-state index in [0.29, 0.717) is 18.5 Å². The second-order valence-electron chi connectivity index (χ2n) is 3.64. The van der Waals surface area contributed by atoms with Gasteiger partial charge in [0.15, 0.2) is 0 Å². The molecule has 0 aromatic carbocycles. The maximum absolute atomic E-state index is 9.12. The lowest BCUT2D eigenvalue weighted by atomic mass is 10.1. The van der Waals surface area contributed by atoms with E-state index in [2.05, 4.69) is 17.9 Å². The van der Waals surface area contributed by atoms with Crippen molar-refractivity contribution in [3.63, 3.8) is 0 Å². The topological polar surface area (TPSA) is 47.3 Å². The highest BCUT2D eigenvalue weighted by atomic mass is 16.3. The van der Waals surface area contributed by atoms with E-state index in [-0.39, 0.29) is 6.61 Å². The van der Waals surface area contributed by atoms with Gasteiger partial charge < -0.3 is 5.11 Å². The lowest BCUT2D eigenvalue weighted by molar-refractivity contribution is 0.118. The summed E-state index contributed by atoms with van der Waals surface area (Å²) < 4.78 is 0. The molecular weight excluding hydrogens is 164 g/mol. The lowest BCUT2D eigenvalue weighted by Crippen LogP contribution is -2.40. The number of aliphatic hydroxyl groups excluding tert-OH is 1. The molecule has 0 aliphatic carbocycles. The summed E-state index contributed by atoms with van der Waals surface area (Å²) in [5, 5.41) is 17.8. The van der Waals surface area contributed by atoms with Gasteiger partial charge in [0.2, 0.25) is 0 Å². The molecule has 1 fully saturated rings. The van der Waals surface area contributed by atoms with Crippen LogP contribution in [0.15, 0.2) is 0 Å². The molecule has 1 aliphatic rings. The minimum Gasteiger partial charge on any atom is -0.395 e. The quantitative estimate of drug-likeness (QED) is 0.709. The van der Waals surface area contributed by atoms with Crippen LogP contribution in [0.2, 0.25) is 0 Å². The maximum atomic E-state index is 9.12. The molecular formula is C10H18N2O. The van der Waals surface area contributed by atoms with E-state index in [4.69, 9.17) is 10.4 Å². The monoisotopic (exact) mass is 182 g/mol. The van der Waals surface area contributed by atoms with Crippen LogP contribution < -0.4 is 0 Å². The Kier molecular flexibility index (Phi) is 4.20. The summed E-state index contributed by atoms with van der Waals surface area (Å²) in [6.07, 6.45) is 3.84. The van der Waals surface area contributed by atoms with Gasteiger partial charge in [-0.2, -0.15) is 5.26 Å². The highest BCUT2D eigenvalue weighted by Gasteiger charge is 2.28. The summed E-state index contributed by atoms with van der Waals surface area (Å²) in [4.78, 5) is 2.29. The number of rotatable bonds is 4. The van der Waals surface area contributed by atoms with Gasteiger partial charge >= 0.3 is 0 Å². The van der Waals surface area contributed by atoms with Crippen molar-refractivity contribution in [2.24, 2.45) is 0 Å². The highest BCUT2D eigenvalue weighted by molar-refractivity contribution is 4.88. The van der Waals surface area contributed by atoms with Crippen molar-refractivity contribution >= 4 is 0 Å². The van der Waals surface area contributed by atoms with E-state index in [0.717, 1.165) is 25.8 Å². The van der Waals surface area contributed by atoms with Crippen molar-refractivity contribution in [3.05, 3.63) is 0 Å². The predicted molar refractivity (Wildman–Crippen MR) is 51.1 cm³/mol. The van der Waals surface area contributed by atoms with Crippen LogP contribution in [0.3, 0.4) is 0 Å². The van der Waals surface area contributed by atoms with Gasteiger partial charge in [-0.15, -0.1) is 0 Å². The van der Waals surface area contributed by atoms with Crippen molar-refractivity contribution in [1.29, 1.82) is 5.26 Å². The van der Waals surface area contributed by atoms with E-state index < -0.39 is 0 Å². The van der Waals surface area contributed by atoms with Crippen LogP contribution in [0, 0.1) is 11.3 Å². The summed E-state index contributed by atoms with van der Waals surface area (Å²) in [5.74, 6) is 0. The third-order valence-corrected chi connectivity index (χ3v) is 2.90. The average molecular weight is 182 g/mol. The largest absolute Gasteiger partial charge is 0.395 e. The van der Waals surface area contributed by atoms with E-state index in [9.17, 15) is 0 Å². The molecule has 0 aromatic rings. The van der Waals surface area contributed by atoms with Crippen LogP contribution in [0.5, 0.6) is 0 Å². The number of aliphatic hydroxyl groups is 1. The maximum Gasteiger partial charge on any atom is 0.0638 e. The molecule has 3 heteroatoms. The van der Waals surface area contributed by atoms with Crippen LogP contribution in [0.4, 0.5) is 0 Å². The van der Waals surface area contributed by atoms with Crippen LogP contribution in [-0.2, 0) is 0 Å². The number of hydrogen-bond donors (Lipinski definition) is 1. The molecule has 0 radical (unpaired) electrons. The zero-order valence-electron chi connectivity index (χ0n) is 8.24. The van der Waals surface area contributed by atoms with Crippen LogP contribution in [0.1, 0.15) is 32.6 Å². The first kappa shape index (κ1) is 10.5. The van der Waals surface area contributed by atoms with Gasteiger partial charge in [0, 0.05) is 12.1 Å². The normalized spacial score (nSPS) is 25.8. The number of hydrogen-bond acceptors (Lipinski definition) is 3. The van der Waals surface area contributed by atoms with Gasteiger partial charge in [0.1, 0.15) is 0 Å². The first-order chi connectivity index (χ1) is 6.33. The summed E-state index contributed by atoms with van der Waals surface area (Å²) >= 11 is 0. The van der Waals surface area contributed by atoms with E-state index in [1.165, 1.54) is 0 Å². The third kappa shape index (κ3) is 2.43. The molecule has 0 bridgehead atoms. The van der Waals surface area contributed by atoms with Gasteiger partial charge in [0.25, 0.3) is 0 Å². The van der Waals surface area contributed by atoms with Crippen molar-refractivity contribution in [2.75, 3.05) is 13.2 Å². The molecule has 0 aromatic heterocycles. The Morgan fingerprint density at radius 1 is 1.69 bits per heavy atom. The molecule has 74 valence electrons. The lowest BCUT2D eigenvalue weighted by Gasteiger charge is -2.29. The molecule has 1 N–H and O–H groups in total.